The summed E-state index contributed by atoms with van der Waals surface area (Å²) in [6.45, 7) is 3.71. The van der Waals surface area contributed by atoms with Gasteiger partial charge in [0.15, 0.2) is 0 Å². The topological polar surface area (TPSA) is 50.2 Å². The van der Waals surface area contributed by atoms with E-state index in [0.717, 1.165) is 38.0 Å². The van der Waals surface area contributed by atoms with E-state index < -0.39 is 0 Å². The van der Waals surface area contributed by atoms with Crippen LogP contribution in [0.5, 0.6) is 0 Å². The van der Waals surface area contributed by atoms with Crippen molar-refractivity contribution in [2.45, 2.75) is 32.2 Å². The highest BCUT2D eigenvalue weighted by molar-refractivity contribution is 5.92. The fraction of sp³-hybridized carbons (Fsp3) is 0.692. The van der Waals surface area contributed by atoms with Gasteiger partial charge >= 0.3 is 0 Å². The van der Waals surface area contributed by atoms with Crippen LogP contribution in [0.4, 0.5) is 0 Å². The second-order valence-electron chi connectivity index (χ2n) is 4.85. The molecule has 2 heterocycles. The summed E-state index contributed by atoms with van der Waals surface area (Å²) in [5, 5.41) is 7.61. The van der Waals surface area contributed by atoms with Crippen LogP contribution < -0.4 is 5.32 Å². The summed E-state index contributed by atoms with van der Waals surface area (Å²) in [4.78, 5) is 14.3. The average molecular weight is 250 g/mol. The van der Waals surface area contributed by atoms with E-state index >= 15 is 0 Å². The van der Waals surface area contributed by atoms with Gasteiger partial charge in [-0.2, -0.15) is 5.10 Å². The average Bonchev–Trinajstić information content (AvgIpc) is 2.79. The van der Waals surface area contributed by atoms with Crippen LogP contribution in [-0.4, -0.2) is 46.8 Å². The van der Waals surface area contributed by atoms with E-state index in [1.807, 2.05) is 25.1 Å². The normalized spacial score (nSPS) is 17.2. The van der Waals surface area contributed by atoms with E-state index in [4.69, 9.17) is 0 Å². The van der Waals surface area contributed by atoms with Gasteiger partial charge in [-0.15, -0.1) is 0 Å². The lowest BCUT2D eigenvalue weighted by molar-refractivity contribution is 0.0696. The molecule has 2 rings (SSSR count). The van der Waals surface area contributed by atoms with Crippen LogP contribution in [0.25, 0.3) is 0 Å². The van der Waals surface area contributed by atoms with Crippen molar-refractivity contribution in [3.63, 3.8) is 0 Å². The van der Waals surface area contributed by atoms with Crippen molar-refractivity contribution in [1.29, 1.82) is 0 Å². The number of carbonyl (C=O) groups excluding carboxylic acids is 1. The number of hydrogen-bond donors (Lipinski definition) is 1. The molecule has 100 valence electrons. The van der Waals surface area contributed by atoms with E-state index in [0.29, 0.717) is 11.7 Å². The van der Waals surface area contributed by atoms with Crippen molar-refractivity contribution in [2.75, 3.05) is 20.1 Å². The quantitative estimate of drug-likeness (QED) is 0.863. The van der Waals surface area contributed by atoms with Crippen LogP contribution in [0.3, 0.4) is 0 Å². The molecule has 1 aromatic heterocycles. The molecule has 1 amide bonds. The Morgan fingerprint density at radius 3 is 2.67 bits per heavy atom. The maximum Gasteiger partial charge on any atom is 0.272 e. The van der Waals surface area contributed by atoms with Crippen LogP contribution in [0, 0.1) is 0 Å². The van der Waals surface area contributed by atoms with Crippen molar-refractivity contribution in [2.24, 2.45) is 7.05 Å². The smallest absolute Gasteiger partial charge is 0.272 e. The van der Waals surface area contributed by atoms with E-state index in [1.165, 1.54) is 0 Å². The van der Waals surface area contributed by atoms with Gasteiger partial charge in [0.25, 0.3) is 5.91 Å². The molecule has 0 radical (unpaired) electrons. The maximum atomic E-state index is 12.4. The van der Waals surface area contributed by atoms with Crippen molar-refractivity contribution >= 4 is 5.91 Å². The second-order valence-corrected chi connectivity index (χ2v) is 4.85. The van der Waals surface area contributed by atoms with Crippen LogP contribution in [0.2, 0.25) is 0 Å². The van der Waals surface area contributed by atoms with Gasteiger partial charge in [-0.3, -0.25) is 9.48 Å². The monoisotopic (exact) mass is 250 g/mol. The van der Waals surface area contributed by atoms with Gasteiger partial charge in [0.05, 0.1) is 5.69 Å². The lowest BCUT2D eigenvalue weighted by atomic mass is 10.1. The molecule has 0 saturated carbocycles. The molecule has 0 spiro atoms. The van der Waals surface area contributed by atoms with Crippen molar-refractivity contribution in [3.05, 3.63) is 17.5 Å². The van der Waals surface area contributed by atoms with E-state index in [-0.39, 0.29) is 5.91 Å². The highest BCUT2D eigenvalue weighted by Crippen LogP contribution is 2.14. The molecule has 0 aliphatic carbocycles. The molecular weight excluding hydrogens is 228 g/mol. The Kier molecular flexibility index (Phi) is 4.01. The van der Waals surface area contributed by atoms with Gasteiger partial charge in [-0.1, -0.05) is 6.92 Å². The van der Waals surface area contributed by atoms with Gasteiger partial charge in [-0.05, 0) is 32.4 Å². The van der Waals surface area contributed by atoms with E-state index in [9.17, 15) is 4.79 Å². The number of piperidine rings is 1. The first kappa shape index (κ1) is 13.1. The Bertz CT molecular complexity index is 419. The van der Waals surface area contributed by atoms with Crippen LogP contribution in [-0.2, 0) is 13.5 Å². The number of hydrogen-bond acceptors (Lipinski definition) is 3. The number of nitrogens with one attached hydrogen (secondary N) is 1. The Hall–Kier alpha value is -1.36. The largest absolute Gasteiger partial charge is 0.337 e. The van der Waals surface area contributed by atoms with Crippen molar-refractivity contribution in [3.8, 4) is 0 Å². The van der Waals surface area contributed by atoms with Crippen molar-refractivity contribution < 1.29 is 4.79 Å². The number of amides is 1. The molecule has 0 atom stereocenters. The molecule has 5 heteroatoms. The summed E-state index contributed by atoms with van der Waals surface area (Å²) >= 11 is 0. The third-order valence-electron chi connectivity index (χ3n) is 3.70. The molecule has 1 aliphatic heterocycles. The summed E-state index contributed by atoms with van der Waals surface area (Å²) in [7, 11) is 3.82. The predicted molar refractivity (Wildman–Crippen MR) is 70.6 cm³/mol. The Morgan fingerprint density at radius 2 is 2.17 bits per heavy atom. The summed E-state index contributed by atoms with van der Waals surface area (Å²) in [5.41, 5.74) is 1.68. The Morgan fingerprint density at radius 1 is 1.50 bits per heavy atom. The minimum Gasteiger partial charge on any atom is -0.337 e. The minimum atomic E-state index is 0.110. The lowest BCUT2D eigenvalue weighted by Crippen LogP contribution is -2.44. The molecule has 1 N–H and O–H groups in total. The number of likely N-dealkylation sites (tertiary alicyclic amines) is 1. The third-order valence-corrected chi connectivity index (χ3v) is 3.70. The predicted octanol–water partition coefficient (Wildman–Crippen LogP) is 0.806. The highest BCUT2D eigenvalue weighted by Gasteiger charge is 2.24. The first-order valence-corrected chi connectivity index (χ1v) is 6.65. The summed E-state index contributed by atoms with van der Waals surface area (Å²) < 4.78 is 1.70. The second kappa shape index (κ2) is 5.52. The zero-order valence-corrected chi connectivity index (χ0v) is 11.4. The number of nitrogens with zero attached hydrogens (tertiary/aromatic N) is 3. The molecule has 1 fully saturated rings. The highest BCUT2D eigenvalue weighted by atomic mass is 16.2. The lowest BCUT2D eigenvalue weighted by Gasteiger charge is -2.31. The number of rotatable bonds is 3. The molecule has 18 heavy (non-hydrogen) atoms. The maximum absolute atomic E-state index is 12.4. The zero-order chi connectivity index (χ0) is 13.1. The molecule has 1 saturated heterocycles. The van der Waals surface area contributed by atoms with E-state index in [1.54, 1.807) is 4.68 Å². The third kappa shape index (κ3) is 2.56. The molecule has 0 bridgehead atoms. The van der Waals surface area contributed by atoms with Crippen LogP contribution in [0.15, 0.2) is 6.07 Å². The van der Waals surface area contributed by atoms with Crippen LogP contribution >= 0.6 is 0 Å². The van der Waals surface area contributed by atoms with Crippen LogP contribution in [0.1, 0.15) is 35.9 Å². The standard InChI is InChI=1S/C13H22N4O/c1-4-10-9-12(16(3)15-10)13(18)17-7-5-11(14-2)6-8-17/h9,11,14H,4-8H2,1-3H3. The van der Waals surface area contributed by atoms with Gasteiger partial charge in [0.2, 0.25) is 0 Å². The SMILES string of the molecule is CCc1cc(C(=O)N2CCC(NC)CC2)n(C)n1. The summed E-state index contributed by atoms with van der Waals surface area (Å²) in [6.07, 6.45) is 2.92. The first-order chi connectivity index (χ1) is 8.65. The first-order valence-electron chi connectivity index (χ1n) is 6.65. The Labute approximate surface area is 108 Å². The fourth-order valence-corrected chi connectivity index (χ4v) is 2.43. The number of carbonyl (C=O) groups is 1. The molecule has 5 nitrogen and oxygen atoms in total. The molecular formula is C13H22N4O. The van der Waals surface area contributed by atoms with Gasteiger partial charge < -0.3 is 10.2 Å². The molecule has 1 aliphatic rings. The fourth-order valence-electron chi connectivity index (χ4n) is 2.43. The van der Waals surface area contributed by atoms with E-state index in [2.05, 4.69) is 17.3 Å². The number of aryl methyl sites for hydroxylation is 2. The summed E-state index contributed by atoms with van der Waals surface area (Å²) in [5.74, 6) is 0.110. The van der Waals surface area contributed by atoms with Gasteiger partial charge in [0, 0.05) is 26.2 Å². The van der Waals surface area contributed by atoms with Gasteiger partial charge in [-0.25, -0.2) is 0 Å². The van der Waals surface area contributed by atoms with Crippen molar-refractivity contribution in [1.82, 2.24) is 20.0 Å². The van der Waals surface area contributed by atoms with Gasteiger partial charge in [0.1, 0.15) is 5.69 Å². The number of aromatic nitrogens is 2. The molecule has 1 aromatic rings. The Balaban J connectivity index is 2.05. The zero-order valence-electron chi connectivity index (χ0n) is 11.4. The molecule has 0 unspecified atom stereocenters. The summed E-state index contributed by atoms with van der Waals surface area (Å²) in [6, 6.07) is 2.46. The molecule has 0 aromatic carbocycles. The minimum absolute atomic E-state index is 0.110.